The van der Waals surface area contributed by atoms with E-state index < -0.39 is 0 Å². The molecule has 0 radical (unpaired) electrons. The predicted molar refractivity (Wildman–Crippen MR) is 140 cm³/mol. The third-order valence-electron chi connectivity index (χ3n) is 7.66. The highest BCUT2D eigenvalue weighted by Gasteiger charge is 2.30. The third kappa shape index (κ3) is 4.53. The summed E-state index contributed by atoms with van der Waals surface area (Å²) in [6.45, 7) is 10.3. The zero-order valence-electron chi connectivity index (χ0n) is 20.1. The lowest BCUT2D eigenvalue weighted by molar-refractivity contribution is 0.213. The minimum Gasteiger partial charge on any atom is -0.371 e. The first-order valence-corrected chi connectivity index (χ1v) is 12.8. The Morgan fingerprint density at radius 1 is 1.18 bits per heavy atom. The second-order valence-corrected chi connectivity index (χ2v) is 10.4. The number of rotatable bonds is 4. The average Bonchev–Trinajstić information content (AvgIpc) is 2.81. The van der Waals surface area contributed by atoms with E-state index in [9.17, 15) is 4.39 Å². The van der Waals surface area contributed by atoms with Crippen LogP contribution in [0.25, 0.3) is 5.83 Å². The van der Waals surface area contributed by atoms with Gasteiger partial charge in [-0.3, -0.25) is 0 Å². The Morgan fingerprint density at radius 2 is 1.94 bits per heavy atom. The molecule has 4 aliphatic rings. The molecule has 2 aliphatic heterocycles. The second kappa shape index (κ2) is 9.58. The number of likely N-dealkylation sites (tertiary alicyclic amines) is 1. The molecule has 1 unspecified atom stereocenters. The van der Waals surface area contributed by atoms with Crippen molar-refractivity contribution in [1.82, 2.24) is 9.80 Å². The highest BCUT2D eigenvalue weighted by Crippen LogP contribution is 2.41. The van der Waals surface area contributed by atoms with Gasteiger partial charge in [0.1, 0.15) is 11.7 Å². The van der Waals surface area contributed by atoms with E-state index in [1.165, 1.54) is 5.56 Å². The van der Waals surface area contributed by atoms with Crippen LogP contribution in [-0.2, 0) is 0 Å². The summed E-state index contributed by atoms with van der Waals surface area (Å²) in [7, 11) is 0. The van der Waals surface area contributed by atoms with Gasteiger partial charge in [0, 0.05) is 41.5 Å². The van der Waals surface area contributed by atoms with Crippen LogP contribution >= 0.6 is 11.6 Å². The maximum absolute atomic E-state index is 14.2. The molecule has 0 aromatic heterocycles. The van der Waals surface area contributed by atoms with E-state index in [1.807, 2.05) is 38.1 Å². The summed E-state index contributed by atoms with van der Waals surface area (Å²) in [6, 6.07) is 8.13. The zero-order chi connectivity index (χ0) is 23.8. The van der Waals surface area contributed by atoms with Crippen molar-refractivity contribution >= 4 is 23.3 Å². The third-order valence-corrected chi connectivity index (χ3v) is 8.01. The van der Waals surface area contributed by atoms with Gasteiger partial charge in [-0.2, -0.15) is 0 Å². The van der Waals surface area contributed by atoms with Crippen molar-refractivity contribution < 1.29 is 4.39 Å². The molecule has 2 aliphatic carbocycles. The molecule has 1 saturated heterocycles. The smallest absolute Gasteiger partial charge is 0.126 e. The predicted octanol–water partition coefficient (Wildman–Crippen LogP) is 7.52. The molecule has 3 nitrogen and oxygen atoms in total. The van der Waals surface area contributed by atoms with E-state index >= 15 is 0 Å². The molecule has 0 saturated carbocycles. The molecule has 178 valence electrons. The maximum atomic E-state index is 14.2. The van der Waals surface area contributed by atoms with Crippen LogP contribution in [0.1, 0.15) is 63.0 Å². The van der Waals surface area contributed by atoms with Crippen LogP contribution in [0.5, 0.6) is 0 Å². The zero-order valence-corrected chi connectivity index (χ0v) is 20.9. The largest absolute Gasteiger partial charge is 0.371 e. The number of amidine groups is 1. The number of halogens is 2. The van der Waals surface area contributed by atoms with Crippen molar-refractivity contribution in [3.63, 3.8) is 0 Å². The molecule has 0 spiro atoms. The van der Waals surface area contributed by atoms with Crippen LogP contribution in [0.2, 0.25) is 0 Å². The van der Waals surface area contributed by atoms with Gasteiger partial charge in [0.15, 0.2) is 0 Å². The molecule has 1 aromatic rings. The van der Waals surface area contributed by atoms with Crippen molar-refractivity contribution in [1.29, 1.82) is 0 Å². The van der Waals surface area contributed by atoms with Crippen molar-refractivity contribution in [3.05, 3.63) is 88.4 Å². The van der Waals surface area contributed by atoms with Gasteiger partial charge in [0.25, 0.3) is 0 Å². The summed E-state index contributed by atoms with van der Waals surface area (Å²) in [5, 5.41) is 0.916. The molecule has 5 heteroatoms. The summed E-state index contributed by atoms with van der Waals surface area (Å²) in [4.78, 5) is 9.23. The van der Waals surface area contributed by atoms with E-state index in [0.717, 1.165) is 78.7 Å². The number of nitrogens with zero attached hydrogens (tertiary/aromatic N) is 3. The average molecular weight is 478 g/mol. The summed E-state index contributed by atoms with van der Waals surface area (Å²) in [5.41, 5.74) is 5.08. The summed E-state index contributed by atoms with van der Waals surface area (Å²) < 4.78 is 14.2. The standard InChI is InChI=1S/C29H33ClFN3/c1-19-16-20(2)34(21(3)32-19)24-9-11-29(27(30)18-24)33-14-12-22(13-15-33)17-23-8-10-28(31)26-7-5-4-6-25(23)26/h4-7,9-11,16,22-24H,2,8,12-15,17-18H2,1,3H3/t23-,24?/m0/s1. The van der Waals surface area contributed by atoms with Gasteiger partial charge in [-0.25, -0.2) is 9.38 Å². The van der Waals surface area contributed by atoms with E-state index in [0.29, 0.717) is 11.8 Å². The quantitative estimate of drug-likeness (QED) is 0.446. The second-order valence-electron chi connectivity index (χ2n) is 9.96. The SMILES string of the molecule is C=C1C=C(C)N=C(C)N1C1C=CC(N2CCC(C[C@@H]3CC=C(F)c4ccccc43)CC2)=C(Cl)C1. The van der Waals surface area contributed by atoms with Crippen LogP contribution in [0.3, 0.4) is 0 Å². The Bertz CT molecular complexity index is 1130. The first kappa shape index (κ1) is 23.2. The molecule has 1 fully saturated rings. The molecule has 1 aromatic carbocycles. The molecule has 2 atom stereocenters. The number of piperidine rings is 1. The van der Waals surface area contributed by atoms with Gasteiger partial charge < -0.3 is 9.80 Å². The van der Waals surface area contributed by atoms with Crippen LogP contribution in [0, 0.1) is 5.92 Å². The van der Waals surface area contributed by atoms with Crippen molar-refractivity contribution in [2.75, 3.05) is 13.1 Å². The van der Waals surface area contributed by atoms with Crippen molar-refractivity contribution in [2.24, 2.45) is 10.9 Å². The lowest BCUT2D eigenvalue weighted by Gasteiger charge is -2.39. The van der Waals surface area contributed by atoms with Crippen LogP contribution in [0.4, 0.5) is 4.39 Å². The van der Waals surface area contributed by atoms with Crippen LogP contribution in [0.15, 0.2) is 82.3 Å². The fraction of sp³-hybridized carbons (Fsp3) is 0.414. The molecule has 0 N–H and O–H groups in total. The van der Waals surface area contributed by atoms with E-state index in [-0.39, 0.29) is 11.9 Å². The van der Waals surface area contributed by atoms with E-state index in [2.05, 4.69) is 39.6 Å². The Balaban J connectivity index is 1.19. The monoisotopic (exact) mass is 477 g/mol. The number of aliphatic imine (C=N–C) groups is 1. The van der Waals surface area contributed by atoms with Gasteiger partial charge in [0.05, 0.1) is 11.7 Å². The highest BCUT2D eigenvalue weighted by atomic mass is 35.5. The molecule has 34 heavy (non-hydrogen) atoms. The molecular formula is C29H33ClFN3. The van der Waals surface area contributed by atoms with Crippen molar-refractivity contribution in [3.8, 4) is 0 Å². The summed E-state index contributed by atoms with van der Waals surface area (Å²) in [6.07, 6.45) is 13.2. The topological polar surface area (TPSA) is 18.8 Å². The number of hydrogen-bond acceptors (Lipinski definition) is 3. The van der Waals surface area contributed by atoms with E-state index in [1.54, 1.807) is 6.08 Å². The number of hydrogen-bond donors (Lipinski definition) is 0. The van der Waals surface area contributed by atoms with E-state index in [4.69, 9.17) is 11.6 Å². The number of fused-ring (bicyclic) bond motifs is 1. The number of allylic oxidation sites excluding steroid dienone is 4. The molecule has 0 amide bonds. The van der Waals surface area contributed by atoms with Gasteiger partial charge >= 0.3 is 0 Å². The Hall–Kier alpha value is -2.59. The molecule has 2 heterocycles. The normalized spacial score (nSPS) is 25.8. The Morgan fingerprint density at radius 3 is 2.68 bits per heavy atom. The fourth-order valence-electron chi connectivity index (χ4n) is 6.00. The van der Waals surface area contributed by atoms with Crippen LogP contribution in [-0.4, -0.2) is 34.8 Å². The first-order valence-electron chi connectivity index (χ1n) is 12.4. The molecule has 5 rings (SSSR count). The van der Waals surface area contributed by atoms with Gasteiger partial charge in [-0.15, -0.1) is 0 Å². The molecule has 0 bridgehead atoms. The first-order chi connectivity index (χ1) is 16.4. The van der Waals surface area contributed by atoms with Crippen molar-refractivity contribution in [2.45, 2.75) is 57.9 Å². The van der Waals surface area contributed by atoms with Gasteiger partial charge in [-0.1, -0.05) is 48.5 Å². The summed E-state index contributed by atoms with van der Waals surface area (Å²) in [5.74, 6) is 1.98. The highest BCUT2D eigenvalue weighted by molar-refractivity contribution is 6.30. The number of benzene rings is 1. The lowest BCUT2D eigenvalue weighted by atomic mass is 9.78. The molecular weight excluding hydrogens is 445 g/mol. The summed E-state index contributed by atoms with van der Waals surface area (Å²) >= 11 is 6.85. The fourth-order valence-corrected chi connectivity index (χ4v) is 6.34. The Labute approximate surface area is 207 Å². The minimum absolute atomic E-state index is 0.0635. The van der Waals surface area contributed by atoms with Gasteiger partial charge in [-0.05, 0) is 75.2 Å². The maximum Gasteiger partial charge on any atom is 0.126 e. The van der Waals surface area contributed by atoms with Gasteiger partial charge in [0.2, 0.25) is 0 Å². The Kier molecular flexibility index (Phi) is 6.52. The van der Waals surface area contributed by atoms with Crippen LogP contribution < -0.4 is 0 Å². The minimum atomic E-state index is -0.0635. The lowest BCUT2D eigenvalue weighted by Crippen LogP contribution is -2.40.